The van der Waals surface area contributed by atoms with E-state index < -0.39 is 10.0 Å². The van der Waals surface area contributed by atoms with Gasteiger partial charge in [0, 0.05) is 12.7 Å². The first-order valence-corrected chi connectivity index (χ1v) is 8.18. The fourth-order valence-corrected chi connectivity index (χ4v) is 3.23. The molecule has 1 aromatic carbocycles. The molecule has 1 heterocycles. The summed E-state index contributed by atoms with van der Waals surface area (Å²) < 4.78 is 27.1. The Hall–Kier alpha value is -1.70. The standard InChI is InChI=1S/C13H15ClN4O2S/c1-2-15-9-10-5-6-11(14)12(8-10)21(19,20)18-13-4-3-7-16-17-13/h3-8,15H,2,9H2,1H3,(H,17,18). The van der Waals surface area contributed by atoms with Crippen LogP contribution in [-0.2, 0) is 16.6 Å². The van der Waals surface area contributed by atoms with Gasteiger partial charge in [0.15, 0.2) is 5.82 Å². The number of sulfonamides is 1. The predicted molar refractivity (Wildman–Crippen MR) is 81.7 cm³/mol. The molecule has 0 unspecified atom stereocenters. The van der Waals surface area contributed by atoms with Crippen molar-refractivity contribution in [3.63, 3.8) is 0 Å². The molecule has 0 atom stereocenters. The summed E-state index contributed by atoms with van der Waals surface area (Å²) in [6.07, 6.45) is 1.46. The highest BCUT2D eigenvalue weighted by molar-refractivity contribution is 7.92. The molecule has 0 aliphatic carbocycles. The first-order valence-electron chi connectivity index (χ1n) is 6.32. The van der Waals surface area contributed by atoms with Crippen molar-refractivity contribution in [1.29, 1.82) is 0 Å². The van der Waals surface area contributed by atoms with Crippen LogP contribution in [0.25, 0.3) is 0 Å². The summed E-state index contributed by atoms with van der Waals surface area (Å²) in [6.45, 7) is 3.34. The third kappa shape index (κ3) is 4.13. The summed E-state index contributed by atoms with van der Waals surface area (Å²) in [6, 6.07) is 8.00. The Morgan fingerprint density at radius 2 is 2.10 bits per heavy atom. The quantitative estimate of drug-likeness (QED) is 0.848. The van der Waals surface area contributed by atoms with Crippen molar-refractivity contribution in [2.45, 2.75) is 18.4 Å². The second-order valence-electron chi connectivity index (χ2n) is 4.26. The van der Waals surface area contributed by atoms with E-state index in [0.29, 0.717) is 6.54 Å². The number of hydrogen-bond acceptors (Lipinski definition) is 5. The van der Waals surface area contributed by atoms with Crippen LogP contribution < -0.4 is 10.0 Å². The number of anilines is 1. The highest BCUT2D eigenvalue weighted by atomic mass is 35.5. The van der Waals surface area contributed by atoms with E-state index in [0.717, 1.165) is 12.1 Å². The molecule has 112 valence electrons. The molecule has 8 heteroatoms. The molecule has 0 aliphatic heterocycles. The van der Waals surface area contributed by atoms with Crippen molar-refractivity contribution < 1.29 is 8.42 Å². The normalized spacial score (nSPS) is 11.3. The smallest absolute Gasteiger partial charge is 0.264 e. The number of nitrogens with one attached hydrogen (secondary N) is 2. The van der Waals surface area contributed by atoms with E-state index >= 15 is 0 Å². The lowest BCUT2D eigenvalue weighted by Gasteiger charge is -2.10. The van der Waals surface area contributed by atoms with Crippen molar-refractivity contribution in [1.82, 2.24) is 15.5 Å². The number of aromatic nitrogens is 2. The fraction of sp³-hybridized carbons (Fsp3) is 0.231. The molecule has 21 heavy (non-hydrogen) atoms. The van der Waals surface area contributed by atoms with Crippen LogP contribution >= 0.6 is 11.6 Å². The number of rotatable bonds is 6. The van der Waals surface area contributed by atoms with Crippen molar-refractivity contribution in [3.8, 4) is 0 Å². The largest absolute Gasteiger partial charge is 0.313 e. The predicted octanol–water partition coefficient (Wildman–Crippen LogP) is 2.04. The lowest BCUT2D eigenvalue weighted by molar-refractivity contribution is 0.600. The van der Waals surface area contributed by atoms with Gasteiger partial charge in [0.2, 0.25) is 0 Å². The van der Waals surface area contributed by atoms with Crippen molar-refractivity contribution in [3.05, 3.63) is 47.1 Å². The summed E-state index contributed by atoms with van der Waals surface area (Å²) in [5, 5.41) is 10.6. The van der Waals surface area contributed by atoms with E-state index in [4.69, 9.17) is 11.6 Å². The minimum atomic E-state index is -3.80. The summed E-state index contributed by atoms with van der Waals surface area (Å²) in [4.78, 5) is 0.0187. The molecular weight excluding hydrogens is 312 g/mol. The van der Waals surface area contributed by atoms with Gasteiger partial charge in [0.05, 0.1) is 5.02 Å². The van der Waals surface area contributed by atoms with Crippen LogP contribution in [0.4, 0.5) is 5.82 Å². The highest BCUT2D eigenvalue weighted by Crippen LogP contribution is 2.24. The molecule has 0 aliphatic rings. The number of halogens is 1. The zero-order chi connectivity index (χ0) is 15.3. The zero-order valence-electron chi connectivity index (χ0n) is 11.4. The molecule has 0 spiro atoms. The van der Waals surface area contributed by atoms with E-state index in [2.05, 4.69) is 20.2 Å². The lowest BCUT2D eigenvalue weighted by atomic mass is 10.2. The summed E-state index contributed by atoms with van der Waals surface area (Å²) in [5.41, 5.74) is 0.834. The van der Waals surface area contributed by atoms with Gasteiger partial charge in [-0.1, -0.05) is 24.6 Å². The average Bonchev–Trinajstić information content (AvgIpc) is 2.47. The minimum absolute atomic E-state index is 0.0187. The van der Waals surface area contributed by atoms with Gasteiger partial charge in [0.25, 0.3) is 10.0 Å². The Morgan fingerprint density at radius 3 is 2.76 bits per heavy atom. The van der Waals surface area contributed by atoms with Gasteiger partial charge >= 0.3 is 0 Å². The van der Waals surface area contributed by atoms with Gasteiger partial charge in [-0.05, 0) is 36.4 Å². The SMILES string of the molecule is CCNCc1ccc(Cl)c(S(=O)(=O)Nc2cccnn2)c1. The van der Waals surface area contributed by atoms with Crippen LogP contribution in [0.5, 0.6) is 0 Å². The van der Waals surface area contributed by atoms with Gasteiger partial charge in [-0.15, -0.1) is 5.10 Å². The first-order chi connectivity index (χ1) is 10.0. The van der Waals surface area contributed by atoms with Gasteiger partial charge < -0.3 is 5.32 Å². The molecule has 2 N–H and O–H groups in total. The molecule has 1 aromatic heterocycles. The lowest BCUT2D eigenvalue weighted by Crippen LogP contribution is -2.16. The molecule has 0 bridgehead atoms. The Kier molecular flexibility index (Phi) is 5.11. The van der Waals surface area contributed by atoms with Gasteiger partial charge in [-0.3, -0.25) is 4.72 Å². The second kappa shape index (κ2) is 6.84. The molecule has 0 saturated heterocycles. The minimum Gasteiger partial charge on any atom is -0.313 e. The van der Waals surface area contributed by atoms with E-state index in [1.54, 1.807) is 24.3 Å². The second-order valence-corrected chi connectivity index (χ2v) is 6.32. The number of nitrogens with zero attached hydrogens (tertiary/aromatic N) is 2. The average molecular weight is 327 g/mol. The molecule has 0 fully saturated rings. The topological polar surface area (TPSA) is 84.0 Å². The van der Waals surface area contributed by atoms with Crippen LogP contribution in [0.15, 0.2) is 41.4 Å². The molecule has 0 radical (unpaired) electrons. The van der Waals surface area contributed by atoms with Gasteiger partial charge in [-0.2, -0.15) is 5.10 Å². The highest BCUT2D eigenvalue weighted by Gasteiger charge is 2.19. The van der Waals surface area contributed by atoms with Gasteiger partial charge in [-0.25, -0.2) is 8.42 Å². The first kappa shape index (κ1) is 15.7. The number of benzene rings is 1. The summed E-state index contributed by atoms with van der Waals surface area (Å²) in [5.74, 6) is 0.144. The molecule has 2 rings (SSSR count). The monoisotopic (exact) mass is 326 g/mol. The Balaban J connectivity index is 2.30. The third-order valence-corrected chi connectivity index (χ3v) is 4.51. The van der Waals surface area contributed by atoms with Crippen LogP contribution in [0.2, 0.25) is 5.02 Å². The van der Waals surface area contributed by atoms with Crippen molar-refractivity contribution in [2.75, 3.05) is 11.3 Å². The van der Waals surface area contributed by atoms with Crippen LogP contribution in [0, 0.1) is 0 Å². The molecule has 2 aromatic rings. The molecule has 0 amide bonds. The van der Waals surface area contributed by atoms with Crippen LogP contribution in [0.3, 0.4) is 0 Å². The maximum Gasteiger partial charge on any atom is 0.264 e. The Morgan fingerprint density at radius 1 is 1.29 bits per heavy atom. The molecule has 0 saturated carbocycles. The Labute approximate surface area is 128 Å². The van der Waals surface area contributed by atoms with E-state index in [1.165, 1.54) is 12.3 Å². The summed E-state index contributed by atoms with van der Waals surface area (Å²) >= 11 is 6.01. The molecule has 6 nitrogen and oxygen atoms in total. The Bertz CT molecular complexity index is 707. The van der Waals surface area contributed by atoms with Crippen LogP contribution in [0.1, 0.15) is 12.5 Å². The van der Waals surface area contributed by atoms with E-state index in [-0.39, 0.29) is 15.7 Å². The maximum absolute atomic E-state index is 12.4. The third-order valence-electron chi connectivity index (χ3n) is 2.68. The molecular formula is C13H15ClN4O2S. The van der Waals surface area contributed by atoms with Crippen LogP contribution in [-0.4, -0.2) is 25.2 Å². The number of hydrogen-bond donors (Lipinski definition) is 2. The van der Waals surface area contributed by atoms with Gasteiger partial charge in [0.1, 0.15) is 4.90 Å². The van der Waals surface area contributed by atoms with Crippen molar-refractivity contribution in [2.24, 2.45) is 0 Å². The fourth-order valence-electron chi connectivity index (χ4n) is 1.68. The maximum atomic E-state index is 12.4. The van der Waals surface area contributed by atoms with Crippen molar-refractivity contribution >= 4 is 27.4 Å². The summed E-state index contributed by atoms with van der Waals surface area (Å²) in [7, 11) is -3.80. The van der Waals surface area contributed by atoms with E-state index in [9.17, 15) is 8.42 Å². The van der Waals surface area contributed by atoms with E-state index in [1.807, 2.05) is 6.92 Å². The zero-order valence-corrected chi connectivity index (χ0v) is 12.9.